The maximum absolute atomic E-state index is 11.5. The molecule has 3 aromatic rings. The Morgan fingerprint density at radius 1 is 1.03 bits per heavy atom. The Hall–Kier alpha value is -2.69. The van der Waals surface area contributed by atoms with Crippen molar-refractivity contribution >= 4 is 16.7 Å². The lowest BCUT2D eigenvalue weighted by atomic mass is 9.88. The van der Waals surface area contributed by atoms with Crippen LogP contribution in [0.3, 0.4) is 0 Å². The number of rotatable bonds is 7. The number of benzene rings is 3. The molecule has 4 nitrogen and oxygen atoms in total. The number of carbonyl (C=O) groups is 1. The van der Waals surface area contributed by atoms with Crippen LogP contribution >= 0.6 is 0 Å². The first-order valence-corrected chi connectivity index (χ1v) is 11.8. The Balaban J connectivity index is 0.000000193. The zero-order chi connectivity index (χ0) is 22.8. The minimum Gasteiger partial charge on any atom is -0.481 e. The molecule has 1 aliphatic rings. The first kappa shape index (κ1) is 24.0. The summed E-state index contributed by atoms with van der Waals surface area (Å²) < 4.78 is 0. The summed E-state index contributed by atoms with van der Waals surface area (Å²) >= 11 is 0. The van der Waals surface area contributed by atoms with Crippen LogP contribution in [-0.2, 0) is 4.79 Å². The summed E-state index contributed by atoms with van der Waals surface area (Å²) in [5, 5.41) is 15.0. The van der Waals surface area contributed by atoms with Crippen LogP contribution in [0.5, 0.6) is 0 Å². The molecular weight excluding hydrogens is 396 g/mol. The molecule has 0 bridgehead atoms. The fourth-order valence-electron chi connectivity index (χ4n) is 4.51. The van der Waals surface area contributed by atoms with Gasteiger partial charge in [-0.25, -0.2) is 0 Å². The molecule has 1 aliphatic heterocycles. The van der Waals surface area contributed by atoms with E-state index in [2.05, 4.69) is 36.5 Å². The maximum Gasteiger partial charge on any atom is 0.310 e. The van der Waals surface area contributed by atoms with E-state index in [4.69, 9.17) is 5.73 Å². The minimum absolute atomic E-state index is 0.323. The number of carboxylic acids is 1. The highest BCUT2D eigenvalue weighted by Gasteiger charge is 2.22. The standard InChI is InChI=1S/C17H20O2.C11H16N2/c1-2-3-4-11-16(17(18)19)15-12-7-9-13-8-5-6-10-14(13)15;12-11-6-7-13-8-10(11)9-4-2-1-3-5-9/h5-10,12,16H,2-4,11H2,1H3,(H,18,19);1-5,10-11,13H,6-8,12H2. The van der Waals surface area contributed by atoms with E-state index in [0.717, 1.165) is 61.5 Å². The normalized spacial score (nSPS) is 19.1. The Morgan fingerprint density at radius 3 is 2.47 bits per heavy atom. The topological polar surface area (TPSA) is 75.3 Å². The first-order valence-electron chi connectivity index (χ1n) is 11.8. The quantitative estimate of drug-likeness (QED) is 0.420. The fraction of sp³-hybridized carbons (Fsp3) is 0.393. The molecule has 170 valence electrons. The Bertz CT molecular complexity index is 968. The van der Waals surface area contributed by atoms with Gasteiger partial charge in [0.25, 0.3) is 0 Å². The molecule has 0 amide bonds. The van der Waals surface area contributed by atoms with Crippen LogP contribution in [0, 0.1) is 0 Å². The SMILES string of the molecule is CCCCCC(C(=O)O)c1cccc2ccccc12.NC1CCNCC1c1ccccc1. The molecule has 0 aliphatic carbocycles. The molecule has 3 atom stereocenters. The van der Waals surface area contributed by atoms with Gasteiger partial charge in [0.05, 0.1) is 5.92 Å². The van der Waals surface area contributed by atoms with Crippen LogP contribution in [-0.4, -0.2) is 30.2 Å². The number of aliphatic carboxylic acids is 1. The van der Waals surface area contributed by atoms with E-state index in [1.807, 2.05) is 48.5 Å². The molecule has 4 heteroatoms. The summed E-state index contributed by atoms with van der Waals surface area (Å²) in [6.07, 6.45) is 4.98. The van der Waals surface area contributed by atoms with Crippen molar-refractivity contribution in [3.63, 3.8) is 0 Å². The molecule has 4 rings (SSSR count). The molecule has 0 radical (unpaired) electrons. The average molecular weight is 433 g/mol. The number of nitrogens with two attached hydrogens (primary N) is 1. The number of nitrogens with one attached hydrogen (secondary N) is 1. The van der Waals surface area contributed by atoms with Gasteiger partial charge in [0, 0.05) is 18.5 Å². The van der Waals surface area contributed by atoms with Gasteiger partial charge in [0.1, 0.15) is 0 Å². The molecule has 3 aromatic carbocycles. The smallest absolute Gasteiger partial charge is 0.310 e. The van der Waals surface area contributed by atoms with Gasteiger partial charge in [-0.05, 0) is 41.3 Å². The van der Waals surface area contributed by atoms with E-state index in [1.165, 1.54) is 5.56 Å². The third kappa shape index (κ3) is 6.41. The molecule has 0 spiro atoms. The van der Waals surface area contributed by atoms with Gasteiger partial charge in [-0.2, -0.15) is 0 Å². The molecule has 1 heterocycles. The molecular formula is C28H36N2O2. The van der Waals surface area contributed by atoms with Gasteiger partial charge in [0.2, 0.25) is 0 Å². The van der Waals surface area contributed by atoms with Gasteiger partial charge in [-0.15, -0.1) is 0 Å². The first-order chi connectivity index (χ1) is 15.6. The Morgan fingerprint density at radius 2 is 1.75 bits per heavy atom. The fourth-order valence-corrected chi connectivity index (χ4v) is 4.51. The third-order valence-corrected chi connectivity index (χ3v) is 6.36. The Kier molecular flexibility index (Phi) is 9.27. The van der Waals surface area contributed by atoms with Crippen LogP contribution in [0.1, 0.15) is 62.0 Å². The van der Waals surface area contributed by atoms with Crippen molar-refractivity contribution in [3.05, 3.63) is 83.9 Å². The zero-order valence-corrected chi connectivity index (χ0v) is 19.0. The molecule has 1 fully saturated rings. The predicted octanol–water partition coefficient (Wildman–Crippen LogP) is 5.68. The summed E-state index contributed by atoms with van der Waals surface area (Å²) in [6, 6.07) is 24.8. The number of hydrogen-bond acceptors (Lipinski definition) is 3. The van der Waals surface area contributed by atoms with Gasteiger partial charge in [0.15, 0.2) is 0 Å². The highest BCUT2D eigenvalue weighted by atomic mass is 16.4. The van der Waals surface area contributed by atoms with Crippen LogP contribution in [0.25, 0.3) is 10.8 Å². The third-order valence-electron chi connectivity index (χ3n) is 6.36. The van der Waals surface area contributed by atoms with E-state index in [1.54, 1.807) is 0 Å². The van der Waals surface area contributed by atoms with Gasteiger partial charge in [-0.1, -0.05) is 99.0 Å². The van der Waals surface area contributed by atoms with E-state index < -0.39 is 11.9 Å². The second-order valence-corrected chi connectivity index (χ2v) is 8.63. The van der Waals surface area contributed by atoms with Crippen molar-refractivity contribution in [1.82, 2.24) is 5.32 Å². The van der Waals surface area contributed by atoms with Crippen molar-refractivity contribution in [2.45, 2.75) is 56.9 Å². The van der Waals surface area contributed by atoms with E-state index >= 15 is 0 Å². The second-order valence-electron chi connectivity index (χ2n) is 8.63. The van der Waals surface area contributed by atoms with E-state index in [-0.39, 0.29) is 0 Å². The zero-order valence-electron chi connectivity index (χ0n) is 19.0. The van der Waals surface area contributed by atoms with Crippen molar-refractivity contribution in [3.8, 4) is 0 Å². The lowest BCUT2D eigenvalue weighted by Crippen LogP contribution is -2.43. The highest BCUT2D eigenvalue weighted by Crippen LogP contribution is 2.29. The van der Waals surface area contributed by atoms with Crippen LogP contribution in [0.2, 0.25) is 0 Å². The maximum atomic E-state index is 11.5. The molecule has 1 saturated heterocycles. The molecule has 3 unspecified atom stereocenters. The van der Waals surface area contributed by atoms with Gasteiger partial charge in [-0.3, -0.25) is 4.79 Å². The monoisotopic (exact) mass is 432 g/mol. The number of piperidine rings is 1. The van der Waals surface area contributed by atoms with Crippen LogP contribution < -0.4 is 11.1 Å². The van der Waals surface area contributed by atoms with E-state index in [9.17, 15) is 9.90 Å². The lowest BCUT2D eigenvalue weighted by Gasteiger charge is -2.29. The Labute approximate surface area is 191 Å². The lowest BCUT2D eigenvalue weighted by molar-refractivity contribution is -0.139. The second kappa shape index (κ2) is 12.4. The van der Waals surface area contributed by atoms with Gasteiger partial charge < -0.3 is 16.2 Å². The summed E-state index contributed by atoms with van der Waals surface area (Å²) in [5.41, 5.74) is 8.38. The molecule has 0 saturated carbocycles. The van der Waals surface area contributed by atoms with Crippen molar-refractivity contribution < 1.29 is 9.90 Å². The van der Waals surface area contributed by atoms with Crippen molar-refractivity contribution in [2.75, 3.05) is 13.1 Å². The summed E-state index contributed by atoms with van der Waals surface area (Å²) in [4.78, 5) is 11.5. The van der Waals surface area contributed by atoms with Crippen LogP contribution in [0.15, 0.2) is 72.8 Å². The largest absolute Gasteiger partial charge is 0.481 e. The minimum atomic E-state index is -0.715. The van der Waals surface area contributed by atoms with E-state index in [0.29, 0.717) is 12.0 Å². The van der Waals surface area contributed by atoms with Gasteiger partial charge >= 0.3 is 5.97 Å². The summed E-state index contributed by atoms with van der Waals surface area (Å²) in [5.74, 6) is -0.611. The highest BCUT2D eigenvalue weighted by molar-refractivity contribution is 5.90. The molecule has 0 aromatic heterocycles. The molecule has 4 N–H and O–H groups in total. The summed E-state index contributed by atoms with van der Waals surface area (Å²) in [7, 11) is 0. The van der Waals surface area contributed by atoms with Crippen molar-refractivity contribution in [1.29, 1.82) is 0 Å². The predicted molar refractivity (Wildman–Crippen MR) is 133 cm³/mol. The van der Waals surface area contributed by atoms with Crippen LogP contribution in [0.4, 0.5) is 0 Å². The molecule has 32 heavy (non-hydrogen) atoms. The summed E-state index contributed by atoms with van der Waals surface area (Å²) in [6.45, 7) is 4.21. The average Bonchev–Trinajstić information content (AvgIpc) is 2.83. The number of carboxylic acid groups (broad SMARTS) is 1. The number of fused-ring (bicyclic) bond motifs is 1. The van der Waals surface area contributed by atoms with Crippen molar-refractivity contribution in [2.24, 2.45) is 5.73 Å². The number of unbranched alkanes of at least 4 members (excludes halogenated alkanes) is 2. The number of hydrogen-bond donors (Lipinski definition) is 3.